The third-order valence-corrected chi connectivity index (χ3v) is 4.78. The van der Waals surface area contributed by atoms with Gasteiger partial charge in [0.05, 0.1) is 23.0 Å². The van der Waals surface area contributed by atoms with E-state index in [1.807, 2.05) is 6.07 Å². The zero-order valence-electron chi connectivity index (χ0n) is 14.9. The molecule has 0 spiro atoms. The third kappa shape index (κ3) is 4.56. The molecular formula is C19H24FN3O2. The lowest BCUT2D eigenvalue weighted by atomic mass is 9.82. The zero-order chi connectivity index (χ0) is 18.6. The van der Waals surface area contributed by atoms with E-state index in [1.165, 1.54) is 12.1 Å². The van der Waals surface area contributed by atoms with Crippen molar-refractivity contribution in [2.75, 3.05) is 6.54 Å². The molecule has 1 fully saturated rings. The second-order valence-corrected chi connectivity index (χ2v) is 7.21. The monoisotopic (exact) mass is 345 g/mol. The molecule has 0 heterocycles. The topological polar surface area (TPSA) is 82.0 Å². The average molecular weight is 345 g/mol. The Labute approximate surface area is 147 Å². The predicted octanol–water partition coefficient (Wildman–Crippen LogP) is 2.40. The van der Waals surface area contributed by atoms with E-state index < -0.39 is 11.2 Å². The summed E-state index contributed by atoms with van der Waals surface area (Å²) in [6.45, 7) is 5.30. The van der Waals surface area contributed by atoms with Gasteiger partial charge in [0.15, 0.2) is 0 Å². The van der Waals surface area contributed by atoms with Crippen molar-refractivity contribution < 1.29 is 14.0 Å². The van der Waals surface area contributed by atoms with Crippen LogP contribution >= 0.6 is 0 Å². The molecule has 0 unspecified atom stereocenters. The SMILES string of the molecule is C[C@@H](CNC(=O)C(C)(C)c1cc(F)cc(C#N)c1)C(=O)NC1CCC1. The molecule has 2 N–H and O–H groups in total. The second kappa shape index (κ2) is 7.64. The van der Waals surface area contributed by atoms with Crippen LogP contribution in [0.3, 0.4) is 0 Å². The minimum atomic E-state index is -1.02. The molecule has 1 aliphatic carbocycles. The van der Waals surface area contributed by atoms with Crippen molar-refractivity contribution in [1.29, 1.82) is 5.26 Å². The molecule has 1 aliphatic rings. The number of hydrogen-bond donors (Lipinski definition) is 2. The molecule has 1 aromatic rings. The van der Waals surface area contributed by atoms with Gasteiger partial charge in [0, 0.05) is 12.6 Å². The van der Waals surface area contributed by atoms with Crippen LogP contribution in [0.4, 0.5) is 4.39 Å². The van der Waals surface area contributed by atoms with Gasteiger partial charge in [-0.05, 0) is 56.9 Å². The van der Waals surface area contributed by atoms with Crippen LogP contribution < -0.4 is 10.6 Å². The molecule has 25 heavy (non-hydrogen) atoms. The van der Waals surface area contributed by atoms with Crippen LogP contribution in [0.25, 0.3) is 0 Å². The molecule has 0 saturated heterocycles. The van der Waals surface area contributed by atoms with Crippen LogP contribution in [0.5, 0.6) is 0 Å². The second-order valence-electron chi connectivity index (χ2n) is 7.21. The Morgan fingerprint density at radius 1 is 1.36 bits per heavy atom. The molecule has 0 radical (unpaired) electrons. The summed E-state index contributed by atoms with van der Waals surface area (Å²) in [7, 11) is 0. The number of hydrogen-bond acceptors (Lipinski definition) is 3. The van der Waals surface area contributed by atoms with Crippen LogP contribution in [0.1, 0.15) is 51.2 Å². The van der Waals surface area contributed by atoms with E-state index >= 15 is 0 Å². The normalized spacial score (nSPS) is 15.6. The Bertz CT molecular complexity index is 705. The molecule has 134 valence electrons. The summed E-state index contributed by atoms with van der Waals surface area (Å²) < 4.78 is 13.7. The summed E-state index contributed by atoms with van der Waals surface area (Å²) in [6, 6.07) is 6.05. The van der Waals surface area contributed by atoms with E-state index in [-0.39, 0.29) is 35.9 Å². The first-order valence-electron chi connectivity index (χ1n) is 8.54. The van der Waals surface area contributed by atoms with Crippen molar-refractivity contribution in [1.82, 2.24) is 10.6 Å². The summed E-state index contributed by atoms with van der Waals surface area (Å²) in [4.78, 5) is 24.6. The van der Waals surface area contributed by atoms with Gasteiger partial charge in [0.1, 0.15) is 5.82 Å². The Kier molecular flexibility index (Phi) is 5.78. The minimum Gasteiger partial charge on any atom is -0.355 e. The number of nitrogens with zero attached hydrogens (tertiary/aromatic N) is 1. The Morgan fingerprint density at radius 2 is 2.04 bits per heavy atom. The number of amides is 2. The molecular weight excluding hydrogens is 321 g/mol. The van der Waals surface area contributed by atoms with Gasteiger partial charge in [0.25, 0.3) is 0 Å². The fourth-order valence-electron chi connectivity index (χ4n) is 2.60. The van der Waals surface area contributed by atoms with E-state index in [0.717, 1.165) is 25.3 Å². The van der Waals surface area contributed by atoms with Crippen molar-refractivity contribution in [3.63, 3.8) is 0 Å². The number of nitrogens with one attached hydrogen (secondary N) is 2. The van der Waals surface area contributed by atoms with Crippen LogP contribution in [-0.2, 0) is 15.0 Å². The third-order valence-electron chi connectivity index (χ3n) is 4.78. The fraction of sp³-hybridized carbons (Fsp3) is 0.526. The van der Waals surface area contributed by atoms with Crippen molar-refractivity contribution in [3.8, 4) is 6.07 Å². The van der Waals surface area contributed by atoms with Crippen LogP contribution in [0, 0.1) is 23.1 Å². The molecule has 1 atom stereocenters. The molecule has 2 amide bonds. The van der Waals surface area contributed by atoms with E-state index in [9.17, 15) is 14.0 Å². The molecule has 0 bridgehead atoms. The molecule has 1 aromatic carbocycles. The van der Waals surface area contributed by atoms with Gasteiger partial charge in [-0.2, -0.15) is 5.26 Å². The average Bonchev–Trinajstić information content (AvgIpc) is 2.54. The maximum atomic E-state index is 13.7. The maximum absolute atomic E-state index is 13.7. The quantitative estimate of drug-likeness (QED) is 0.830. The number of nitriles is 1. The highest BCUT2D eigenvalue weighted by molar-refractivity contribution is 5.88. The number of benzene rings is 1. The van der Waals surface area contributed by atoms with Gasteiger partial charge in [-0.3, -0.25) is 9.59 Å². The largest absolute Gasteiger partial charge is 0.355 e. The summed E-state index contributed by atoms with van der Waals surface area (Å²) >= 11 is 0. The first-order chi connectivity index (χ1) is 11.7. The van der Waals surface area contributed by atoms with Crippen LogP contribution in [-0.4, -0.2) is 24.4 Å². The van der Waals surface area contributed by atoms with Crippen LogP contribution in [0.2, 0.25) is 0 Å². The Morgan fingerprint density at radius 3 is 2.60 bits per heavy atom. The number of halogens is 1. The lowest BCUT2D eigenvalue weighted by molar-refractivity contribution is -0.127. The van der Waals surface area contributed by atoms with Gasteiger partial charge < -0.3 is 10.6 Å². The van der Waals surface area contributed by atoms with Crippen molar-refractivity contribution >= 4 is 11.8 Å². The highest BCUT2D eigenvalue weighted by Gasteiger charge is 2.31. The van der Waals surface area contributed by atoms with Gasteiger partial charge in [0.2, 0.25) is 11.8 Å². The summed E-state index contributed by atoms with van der Waals surface area (Å²) in [5.41, 5.74) is -0.421. The number of carbonyl (C=O) groups excluding carboxylic acids is 2. The van der Waals surface area contributed by atoms with Gasteiger partial charge in [-0.25, -0.2) is 4.39 Å². The van der Waals surface area contributed by atoms with E-state index in [1.54, 1.807) is 20.8 Å². The van der Waals surface area contributed by atoms with Crippen molar-refractivity contribution in [2.45, 2.75) is 51.5 Å². The van der Waals surface area contributed by atoms with Crippen molar-refractivity contribution in [3.05, 3.63) is 35.1 Å². The first kappa shape index (κ1) is 18.9. The Balaban J connectivity index is 1.97. The summed E-state index contributed by atoms with van der Waals surface area (Å²) in [5, 5.41) is 14.7. The van der Waals surface area contributed by atoms with E-state index in [0.29, 0.717) is 5.56 Å². The van der Waals surface area contributed by atoms with Gasteiger partial charge >= 0.3 is 0 Å². The summed E-state index contributed by atoms with van der Waals surface area (Å²) in [6.07, 6.45) is 3.17. The summed E-state index contributed by atoms with van der Waals surface area (Å²) in [5.74, 6) is -1.28. The van der Waals surface area contributed by atoms with Crippen molar-refractivity contribution in [2.24, 2.45) is 5.92 Å². The number of rotatable bonds is 6. The van der Waals surface area contributed by atoms with Gasteiger partial charge in [-0.15, -0.1) is 0 Å². The minimum absolute atomic E-state index is 0.0691. The van der Waals surface area contributed by atoms with E-state index in [2.05, 4.69) is 10.6 Å². The molecule has 2 rings (SSSR count). The zero-order valence-corrected chi connectivity index (χ0v) is 14.9. The molecule has 5 nitrogen and oxygen atoms in total. The first-order valence-corrected chi connectivity index (χ1v) is 8.54. The molecule has 1 saturated carbocycles. The molecule has 0 aromatic heterocycles. The van der Waals surface area contributed by atoms with Gasteiger partial charge in [-0.1, -0.05) is 6.92 Å². The number of carbonyl (C=O) groups is 2. The lowest BCUT2D eigenvalue weighted by Crippen LogP contribution is -2.47. The highest BCUT2D eigenvalue weighted by atomic mass is 19.1. The Hall–Kier alpha value is -2.42. The lowest BCUT2D eigenvalue weighted by Gasteiger charge is -2.28. The van der Waals surface area contributed by atoms with Crippen LogP contribution in [0.15, 0.2) is 18.2 Å². The highest BCUT2D eigenvalue weighted by Crippen LogP contribution is 2.25. The fourth-order valence-corrected chi connectivity index (χ4v) is 2.60. The molecule has 6 heteroatoms. The predicted molar refractivity (Wildman–Crippen MR) is 92.1 cm³/mol. The van der Waals surface area contributed by atoms with E-state index in [4.69, 9.17) is 5.26 Å². The molecule has 0 aliphatic heterocycles. The maximum Gasteiger partial charge on any atom is 0.230 e. The standard InChI is InChI=1S/C19H24FN3O2/c1-12(17(24)23-16-5-4-6-16)11-22-18(25)19(2,3)14-7-13(10-21)8-15(20)9-14/h7-9,12,16H,4-6,11H2,1-3H3,(H,22,25)(H,23,24)/t12-/m0/s1. The smallest absolute Gasteiger partial charge is 0.230 e.